The van der Waals surface area contributed by atoms with Gasteiger partial charge in [0.1, 0.15) is 17.4 Å². The molecule has 0 saturated carbocycles. The van der Waals surface area contributed by atoms with Gasteiger partial charge in [0, 0.05) is 16.8 Å². The maximum absolute atomic E-state index is 12.9. The summed E-state index contributed by atoms with van der Waals surface area (Å²) < 4.78 is 6.75. The van der Waals surface area contributed by atoms with Crippen LogP contribution < -0.4 is 10.6 Å². The minimum absolute atomic E-state index is 0.0879. The van der Waals surface area contributed by atoms with E-state index < -0.39 is 0 Å². The Balaban J connectivity index is 1.28. The van der Waals surface area contributed by atoms with Gasteiger partial charge in [-0.15, -0.1) is 10.2 Å². The lowest BCUT2D eigenvalue weighted by Gasteiger charge is -2.06. The van der Waals surface area contributed by atoms with Gasteiger partial charge in [-0.25, -0.2) is 0 Å². The molecule has 9 heteroatoms. The molecule has 0 radical (unpaired) electrons. The Morgan fingerprint density at radius 2 is 1.64 bits per heavy atom. The van der Waals surface area contributed by atoms with Crippen molar-refractivity contribution >= 4 is 45.7 Å². The fourth-order valence-electron chi connectivity index (χ4n) is 3.98. The summed E-state index contributed by atoms with van der Waals surface area (Å²) in [5.74, 6) is 0.909. The molecule has 2 aromatic heterocycles. The van der Waals surface area contributed by atoms with E-state index in [9.17, 15) is 10.1 Å². The van der Waals surface area contributed by atoms with Crippen molar-refractivity contribution < 1.29 is 9.21 Å². The predicted octanol–water partition coefficient (Wildman–Crippen LogP) is 7.93. The zero-order chi connectivity index (χ0) is 27.2. The smallest absolute Gasteiger partial charge is 0.237 e. The Morgan fingerprint density at radius 1 is 0.974 bits per heavy atom. The zero-order valence-corrected chi connectivity index (χ0v) is 23.0. The van der Waals surface area contributed by atoms with Gasteiger partial charge in [0.05, 0.1) is 5.75 Å². The van der Waals surface area contributed by atoms with Crippen LogP contribution in [0.4, 0.5) is 16.7 Å². The number of benzene rings is 3. The van der Waals surface area contributed by atoms with E-state index in [1.54, 1.807) is 0 Å². The molecular weight excluding hydrogens is 526 g/mol. The largest absolute Gasteiger partial charge is 0.438 e. The van der Waals surface area contributed by atoms with Gasteiger partial charge in [0.2, 0.25) is 16.9 Å². The van der Waals surface area contributed by atoms with Crippen LogP contribution in [0.3, 0.4) is 0 Å². The molecule has 3 aromatic carbocycles. The second-order valence-electron chi connectivity index (χ2n) is 8.97. The molecule has 5 aromatic rings. The van der Waals surface area contributed by atoms with Crippen LogP contribution in [0.5, 0.6) is 0 Å². The fraction of sp³-hybridized carbons (Fsp3) is 0.133. The number of thioether (sulfide) groups is 1. The summed E-state index contributed by atoms with van der Waals surface area (Å²) in [6, 6.07) is 29.5. The molecule has 1 amide bonds. The molecule has 0 saturated heterocycles. The third kappa shape index (κ3) is 6.20. The van der Waals surface area contributed by atoms with Crippen molar-refractivity contribution in [3.63, 3.8) is 0 Å². The third-order valence-electron chi connectivity index (χ3n) is 5.93. The number of nitrogens with one attached hydrogen (secondary N) is 2. The van der Waals surface area contributed by atoms with Crippen molar-refractivity contribution in [1.29, 1.82) is 5.26 Å². The normalized spacial score (nSPS) is 10.8. The van der Waals surface area contributed by atoms with E-state index in [4.69, 9.17) is 4.42 Å². The maximum atomic E-state index is 12.9. The number of carbonyl (C=O) groups is 1. The Kier molecular flexibility index (Phi) is 8.06. The average Bonchev–Trinajstić information content (AvgIpc) is 3.57. The number of carbonyl (C=O) groups excluding carboxylic acids is 1. The number of anilines is 3. The Labute approximate surface area is 234 Å². The molecule has 0 aliphatic rings. The van der Waals surface area contributed by atoms with Crippen LogP contribution in [0.25, 0.3) is 22.5 Å². The van der Waals surface area contributed by atoms with Crippen LogP contribution in [0, 0.1) is 11.3 Å². The zero-order valence-electron chi connectivity index (χ0n) is 21.3. The van der Waals surface area contributed by atoms with Crippen LogP contribution in [0.15, 0.2) is 93.7 Å². The molecule has 7 nitrogen and oxygen atoms in total. The first kappa shape index (κ1) is 26.2. The highest BCUT2D eigenvalue weighted by molar-refractivity contribution is 8.01. The number of amides is 1. The Morgan fingerprint density at radius 3 is 2.28 bits per heavy atom. The third-order valence-corrected chi connectivity index (χ3v) is 7.91. The summed E-state index contributed by atoms with van der Waals surface area (Å²) in [5, 5.41) is 25.1. The number of hydrogen-bond acceptors (Lipinski definition) is 8. The first-order valence-electron chi connectivity index (χ1n) is 12.3. The Hall–Kier alpha value is -4.39. The lowest BCUT2D eigenvalue weighted by atomic mass is 9.98. The summed E-state index contributed by atoms with van der Waals surface area (Å²) in [5.41, 5.74) is 4.77. The number of hydrogen-bond donors (Lipinski definition) is 2. The second kappa shape index (κ2) is 12.0. The first-order valence-corrected chi connectivity index (χ1v) is 14.1. The van der Waals surface area contributed by atoms with E-state index in [1.165, 1.54) is 28.7 Å². The average molecular weight is 552 g/mol. The van der Waals surface area contributed by atoms with Crippen molar-refractivity contribution in [3.05, 3.63) is 96.1 Å². The van der Waals surface area contributed by atoms with Crippen LogP contribution in [0.2, 0.25) is 0 Å². The highest BCUT2D eigenvalue weighted by Crippen LogP contribution is 2.41. The van der Waals surface area contributed by atoms with Crippen molar-refractivity contribution in [3.8, 4) is 28.5 Å². The van der Waals surface area contributed by atoms with Crippen LogP contribution >= 0.6 is 23.1 Å². The quantitative estimate of drug-likeness (QED) is 0.179. The van der Waals surface area contributed by atoms with Crippen LogP contribution in [-0.2, 0) is 4.79 Å². The van der Waals surface area contributed by atoms with E-state index in [0.29, 0.717) is 26.7 Å². The van der Waals surface area contributed by atoms with Gasteiger partial charge in [-0.2, -0.15) is 5.26 Å². The predicted molar refractivity (Wildman–Crippen MR) is 157 cm³/mol. The lowest BCUT2D eigenvalue weighted by Crippen LogP contribution is -2.14. The number of furan rings is 1. The Bertz CT molecular complexity index is 1610. The monoisotopic (exact) mass is 551 g/mol. The molecule has 0 aliphatic carbocycles. The number of rotatable bonds is 9. The van der Waals surface area contributed by atoms with Gasteiger partial charge in [-0.3, -0.25) is 10.1 Å². The van der Waals surface area contributed by atoms with Crippen molar-refractivity contribution in [2.45, 2.75) is 24.1 Å². The standard InChI is InChI=1S/C30H25N5O2S2/c1-19(2)20-13-15-23(16-14-20)32-29-34-35-30(39-29)38-18-25(36)33-28-24(17-31)26(21-9-5-3-6-10-21)27(37-28)22-11-7-4-8-12-22/h3-16,19H,18H2,1-2H3,(H,32,34)(H,33,36). The van der Waals surface area contributed by atoms with Crippen LogP contribution in [-0.4, -0.2) is 21.9 Å². The summed E-state index contributed by atoms with van der Waals surface area (Å²) in [6.07, 6.45) is 0. The van der Waals surface area contributed by atoms with Gasteiger partial charge in [-0.05, 0) is 29.2 Å². The number of aromatic nitrogens is 2. The molecule has 39 heavy (non-hydrogen) atoms. The van der Waals surface area contributed by atoms with Crippen molar-refractivity contribution in [2.24, 2.45) is 0 Å². The molecule has 194 valence electrons. The summed E-state index contributed by atoms with van der Waals surface area (Å²) in [6.45, 7) is 4.31. The SMILES string of the molecule is CC(C)c1ccc(Nc2nnc(SCC(=O)Nc3oc(-c4ccccc4)c(-c4ccccc4)c3C#N)s2)cc1. The van der Waals surface area contributed by atoms with Gasteiger partial charge in [0.15, 0.2) is 4.34 Å². The summed E-state index contributed by atoms with van der Waals surface area (Å²) >= 11 is 2.64. The molecule has 0 bridgehead atoms. The first-order chi connectivity index (χ1) is 19.0. The second-order valence-corrected chi connectivity index (χ2v) is 11.2. The highest BCUT2D eigenvalue weighted by atomic mass is 32.2. The van der Waals surface area contributed by atoms with Gasteiger partial charge < -0.3 is 9.73 Å². The summed E-state index contributed by atoms with van der Waals surface area (Å²) in [4.78, 5) is 12.9. The molecular formula is C30H25N5O2S2. The molecule has 5 rings (SSSR count). The van der Waals surface area contributed by atoms with Crippen molar-refractivity contribution in [1.82, 2.24) is 10.2 Å². The molecule has 2 heterocycles. The molecule has 0 unspecified atom stereocenters. The molecule has 0 fully saturated rings. The molecule has 0 aliphatic heterocycles. The van der Waals surface area contributed by atoms with E-state index in [0.717, 1.165) is 16.8 Å². The van der Waals surface area contributed by atoms with E-state index in [2.05, 4.69) is 52.9 Å². The minimum Gasteiger partial charge on any atom is -0.438 e. The highest BCUT2D eigenvalue weighted by Gasteiger charge is 2.24. The summed E-state index contributed by atoms with van der Waals surface area (Å²) in [7, 11) is 0. The van der Waals surface area contributed by atoms with Gasteiger partial charge in [-0.1, -0.05) is 110 Å². The van der Waals surface area contributed by atoms with Gasteiger partial charge >= 0.3 is 0 Å². The minimum atomic E-state index is -0.307. The molecule has 0 atom stereocenters. The van der Waals surface area contributed by atoms with Crippen molar-refractivity contribution in [2.75, 3.05) is 16.4 Å². The molecule has 0 spiro atoms. The fourth-order valence-corrected chi connectivity index (χ4v) is 5.55. The van der Waals surface area contributed by atoms with E-state index in [-0.39, 0.29) is 23.1 Å². The van der Waals surface area contributed by atoms with Gasteiger partial charge in [0.25, 0.3) is 0 Å². The van der Waals surface area contributed by atoms with E-state index >= 15 is 0 Å². The van der Waals surface area contributed by atoms with Crippen LogP contribution in [0.1, 0.15) is 30.9 Å². The molecule has 2 N–H and O–H groups in total. The lowest BCUT2D eigenvalue weighted by molar-refractivity contribution is -0.113. The number of nitriles is 1. The topological polar surface area (TPSA) is 104 Å². The number of nitrogens with zero attached hydrogens (tertiary/aromatic N) is 3. The maximum Gasteiger partial charge on any atom is 0.237 e. The van der Waals surface area contributed by atoms with E-state index in [1.807, 2.05) is 72.8 Å².